The fraction of sp³-hybridized carbons (Fsp3) is 0.455. The lowest BCUT2D eigenvalue weighted by Gasteiger charge is -2.13. The zero-order valence-electron chi connectivity index (χ0n) is 7.98. The summed E-state index contributed by atoms with van der Waals surface area (Å²) in [6.07, 6.45) is 2.29. The molecule has 0 aromatic heterocycles. The monoisotopic (exact) mass is 193 g/mol. The smallest absolute Gasteiger partial charge is 0.120 e. The van der Waals surface area contributed by atoms with E-state index in [1.165, 1.54) is 0 Å². The van der Waals surface area contributed by atoms with E-state index in [9.17, 15) is 5.11 Å². The molecule has 0 spiro atoms. The van der Waals surface area contributed by atoms with Crippen molar-refractivity contribution >= 4 is 0 Å². The molecule has 0 saturated heterocycles. The fourth-order valence-electron chi connectivity index (χ4n) is 1.68. The molecule has 3 nitrogen and oxygen atoms in total. The Morgan fingerprint density at radius 2 is 2.14 bits per heavy atom. The molecule has 0 aliphatic heterocycles. The molecule has 0 unspecified atom stereocenters. The molecule has 0 radical (unpaired) electrons. The first-order chi connectivity index (χ1) is 6.72. The molecule has 1 fully saturated rings. The van der Waals surface area contributed by atoms with E-state index in [1.807, 2.05) is 0 Å². The van der Waals surface area contributed by atoms with Crippen LogP contribution in [0.2, 0.25) is 0 Å². The number of hydrogen-bond donors (Lipinski definition) is 3. The van der Waals surface area contributed by atoms with Gasteiger partial charge in [-0.2, -0.15) is 0 Å². The predicted octanol–water partition coefficient (Wildman–Crippen LogP) is 1.29. The van der Waals surface area contributed by atoms with Gasteiger partial charge in [-0.05, 0) is 36.5 Å². The number of aliphatic hydroxyl groups excluding tert-OH is 1. The predicted molar refractivity (Wildman–Crippen MR) is 53.7 cm³/mol. The van der Waals surface area contributed by atoms with Gasteiger partial charge in [-0.3, -0.25) is 0 Å². The maximum absolute atomic E-state index is 9.62. The minimum atomic E-state index is -0.0819. The highest BCUT2D eigenvalue weighted by atomic mass is 16.3. The van der Waals surface area contributed by atoms with Crippen LogP contribution in [-0.4, -0.2) is 10.2 Å². The summed E-state index contributed by atoms with van der Waals surface area (Å²) in [5, 5.41) is 18.6. The van der Waals surface area contributed by atoms with Gasteiger partial charge >= 0.3 is 0 Å². The lowest BCUT2D eigenvalue weighted by molar-refractivity contribution is 0.281. The van der Waals surface area contributed by atoms with Crippen LogP contribution in [0, 0.1) is 5.92 Å². The second-order valence-electron chi connectivity index (χ2n) is 3.91. The van der Waals surface area contributed by atoms with Gasteiger partial charge in [0, 0.05) is 11.6 Å². The number of aromatic hydroxyl groups is 1. The molecule has 14 heavy (non-hydrogen) atoms. The van der Waals surface area contributed by atoms with Gasteiger partial charge in [0.25, 0.3) is 0 Å². The number of hydrogen-bond acceptors (Lipinski definition) is 3. The van der Waals surface area contributed by atoms with Crippen LogP contribution >= 0.6 is 0 Å². The summed E-state index contributed by atoms with van der Waals surface area (Å²) >= 11 is 0. The molecular formula is C11H15NO2. The number of phenolic OH excluding ortho intramolecular Hbond substituents is 1. The standard InChI is InChI=1S/C11H15NO2/c12-11(8-2-3-8)9-5-7(6-13)1-4-10(9)14/h1,4-5,8,11,13-14H,2-3,6,12H2/t11-/m1/s1. The van der Waals surface area contributed by atoms with Gasteiger partial charge in [-0.15, -0.1) is 0 Å². The first-order valence-electron chi connectivity index (χ1n) is 4.90. The summed E-state index contributed by atoms with van der Waals surface area (Å²) in [5.74, 6) is 0.747. The summed E-state index contributed by atoms with van der Waals surface area (Å²) in [6.45, 7) is -0.00926. The Kier molecular flexibility index (Phi) is 2.44. The lowest BCUT2D eigenvalue weighted by atomic mass is 10.00. The summed E-state index contributed by atoms with van der Waals surface area (Å²) in [7, 11) is 0. The van der Waals surface area contributed by atoms with E-state index in [-0.39, 0.29) is 18.4 Å². The van der Waals surface area contributed by atoms with Crippen molar-refractivity contribution in [1.29, 1.82) is 0 Å². The van der Waals surface area contributed by atoms with Gasteiger partial charge in [-0.1, -0.05) is 6.07 Å². The second kappa shape index (κ2) is 3.59. The van der Waals surface area contributed by atoms with Gasteiger partial charge in [-0.25, -0.2) is 0 Å². The molecule has 3 heteroatoms. The quantitative estimate of drug-likeness (QED) is 0.677. The minimum absolute atomic E-state index is 0.00926. The van der Waals surface area contributed by atoms with Gasteiger partial charge in [0.2, 0.25) is 0 Å². The molecule has 0 heterocycles. The number of rotatable bonds is 3. The van der Waals surface area contributed by atoms with Crippen LogP contribution in [0.1, 0.15) is 30.0 Å². The van der Waals surface area contributed by atoms with Crippen molar-refractivity contribution in [3.63, 3.8) is 0 Å². The molecule has 1 aliphatic carbocycles. The van der Waals surface area contributed by atoms with Gasteiger partial charge < -0.3 is 15.9 Å². The maximum atomic E-state index is 9.62. The average Bonchev–Trinajstić information content (AvgIpc) is 3.01. The van der Waals surface area contributed by atoms with Crippen molar-refractivity contribution in [2.45, 2.75) is 25.5 Å². The Balaban J connectivity index is 2.29. The highest BCUT2D eigenvalue weighted by Crippen LogP contribution is 2.41. The summed E-state index contributed by atoms with van der Waals surface area (Å²) in [5.41, 5.74) is 7.55. The first kappa shape index (κ1) is 9.49. The maximum Gasteiger partial charge on any atom is 0.120 e. The second-order valence-corrected chi connectivity index (χ2v) is 3.91. The fourth-order valence-corrected chi connectivity index (χ4v) is 1.68. The lowest BCUT2D eigenvalue weighted by Crippen LogP contribution is -2.12. The topological polar surface area (TPSA) is 66.5 Å². The Hall–Kier alpha value is -1.06. The third-order valence-corrected chi connectivity index (χ3v) is 2.76. The third kappa shape index (κ3) is 1.74. The average molecular weight is 193 g/mol. The molecule has 1 aliphatic rings. The van der Waals surface area contributed by atoms with Crippen molar-refractivity contribution in [2.75, 3.05) is 0 Å². The SMILES string of the molecule is N[C@@H](c1cc(CO)ccc1O)C1CC1. The van der Waals surface area contributed by atoms with Crippen molar-refractivity contribution in [2.24, 2.45) is 11.7 Å². The minimum Gasteiger partial charge on any atom is -0.508 e. The van der Waals surface area contributed by atoms with Crippen molar-refractivity contribution in [3.05, 3.63) is 29.3 Å². The molecule has 2 rings (SSSR count). The van der Waals surface area contributed by atoms with Crippen molar-refractivity contribution in [1.82, 2.24) is 0 Å². The molecule has 1 atom stereocenters. The Bertz CT molecular complexity index is 334. The number of nitrogens with two attached hydrogens (primary N) is 1. The molecule has 0 bridgehead atoms. The summed E-state index contributed by atoms with van der Waals surface area (Å²) < 4.78 is 0. The van der Waals surface area contributed by atoms with Gasteiger partial charge in [0.05, 0.1) is 6.61 Å². The van der Waals surface area contributed by atoms with E-state index in [1.54, 1.807) is 18.2 Å². The van der Waals surface area contributed by atoms with Crippen LogP contribution in [0.3, 0.4) is 0 Å². The largest absolute Gasteiger partial charge is 0.508 e. The van der Waals surface area contributed by atoms with Gasteiger partial charge in [0.1, 0.15) is 5.75 Å². The molecular weight excluding hydrogens is 178 g/mol. The number of phenols is 1. The first-order valence-corrected chi connectivity index (χ1v) is 4.90. The van der Waals surface area contributed by atoms with E-state index in [0.717, 1.165) is 24.0 Å². The Morgan fingerprint density at radius 1 is 1.43 bits per heavy atom. The van der Waals surface area contributed by atoms with E-state index >= 15 is 0 Å². The highest BCUT2D eigenvalue weighted by Gasteiger charge is 2.30. The molecule has 1 aromatic carbocycles. The summed E-state index contributed by atoms with van der Waals surface area (Å²) in [6, 6.07) is 5.02. The van der Waals surface area contributed by atoms with Crippen LogP contribution in [0.4, 0.5) is 0 Å². The Morgan fingerprint density at radius 3 is 2.71 bits per heavy atom. The van der Waals surface area contributed by atoms with Crippen LogP contribution < -0.4 is 5.73 Å². The van der Waals surface area contributed by atoms with Crippen LogP contribution in [-0.2, 0) is 6.61 Å². The molecule has 0 amide bonds. The van der Waals surface area contributed by atoms with Crippen LogP contribution in [0.5, 0.6) is 5.75 Å². The van der Waals surface area contributed by atoms with Crippen molar-refractivity contribution in [3.8, 4) is 5.75 Å². The number of aliphatic hydroxyl groups is 1. The van der Waals surface area contributed by atoms with E-state index in [4.69, 9.17) is 10.8 Å². The normalized spacial score (nSPS) is 18.1. The molecule has 76 valence electrons. The van der Waals surface area contributed by atoms with E-state index < -0.39 is 0 Å². The van der Waals surface area contributed by atoms with Crippen LogP contribution in [0.25, 0.3) is 0 Å². The third-order valence-electron chi connectivity index (χ3n) is 2.76. The zero-order valence-corrected chi connectivity index (χ0v) is 7.98. The van der Waals surface area contributed by atoms with E-state index in [2.05, 4.69) is 0 Å². The van der Waals surface area contributed by atoms with Crippen molar-refractivity contribution < 1.29 is 10.2 Å². The summed E-state index contributed by atoms with van der Waals surface area (Å²) in [4.78, 5) is 0. The number of benzene rings is 1. The van der Waals surface area contributed by atoms with Gasteiger partial charge in [0.15, 0.2) is 0 Å². The molecule has 4 N–H and O–H groups in total. The molecule has 1 saturated carbocycles. The van der Waals surface area contributed by atoms with Crippen LogP contribution in [0.15, 0.2) is 18.2 Å². The highest BCUT2D eigenvalue weighted by molar-refractivity contribution is 5.38. The molecule has 1 aromatic rings. The Labute approximate surface area is 83.2 Å². The van der Waals surface area contributed by atoms with E-state index in [0.29, 0.717) is 5.92 Å². The zero-order chi connectivity index (χ0) is 10.1.